The van der Waals surface area contributed by atoms with Crippen LogP contribution in [0.2, 0.25) is 0 Å². The van der Waals surface area contributed by atoms with Gasteiger partial charge in [0, 0.05) is 37.1 Å². The SMILES string of the molecule is Cc1nc(N2CCO[C@H](CO)C2)cc(-n2ncc3cc(C)c(C4CCN(C(=O)OC(C)(C)C)C(C)C4)cc32)n1. The van der Waals surface area contributed by atoms with Gasteiger partial charge >= 0.3 is 6.09 Å². The van der Waals surface area contributed by atoms with E-state index in [2.05, 4.69) is 35.9 Å². The monoisotopic (exact) mass is 536 g/mol. The summed E-state index contributed by atoms with van der Waals surface area (Å²) in [7, 11) is 0. The number of carbonyl (C=O) groups excluding carboxylic acids is 1. The number of nitrogens with zero attached hydrogens (tertiary/aromatic N) is 6. The number of hydrogen-bond donors (Lipinski definition) is 1. The van der Waals surface area contributed by atoms with Gasteiger partial charge in [-0.15, -0.1) is 0 Å². The van der Waals surface area contributed by atoms with Crippen LogP contribution in [0.3, 0.4) is 0 Å². The van der Waals surface area contributed by atoms with E-state index in [0.29, 0.717) is 43.8 Å². The molecule has 2 aromatic heterocycles. The number of aryl methyl sites for hydroxylation is 2. The van der Waals surface area contributed by atoms with Gasteiger partial charge in [-0.05, 0) is 83.6 Å². The first-order valence-electron chi connectivity index (χ1n) is 13.8. The van der Waals surface area contributed by atoms with Crippen LogP contribution in [0.15, 0.2) is 24.4 Å². The summed E-state index contributed by atoms with van der Waals surface area (Å²) in [5, 5.41) is 15.3. The van der Waals surface area contributed by atoms with Crippen LogP contribution in [0.25, 0.3) is 16.7 Å². The van der Waals surface area contributed by atoms with Crippen molar-refractivity contribution in [2.75, 3.05) is 37.7 Å². The fourth-order valence-electron chi connectivity index (χ4n) is 5.72. The maximum atomic E-state index is 12.7. The van der Waals surface area contributed by atoms with Crippen LogP contribution in [0.1, 0.15) is 63.4 Å². The molecule has 3 aromatic rings. The molecule has 0 saturated carbocycles. The molecule has 2 unspecified atom stereocenters. The summed E-state index contributed by atoms with van der Waals surface area (Å²) in [5.74, 6) is 2.51. The summed E-state index contributed by atoms with van der Waals surface area (Å²) in [5.41, 5.74) is 3.00. The lowest BCUT2D eigenvalue weighted by atomic mass is 9.83. The van der Waals surface area contributed by atoms with Crippen molar-refractivity contribution in [1.29, 1.82) is 0 Å². The minimum atomic E-state index is -0.505. The summed E-state index contributed by atoms with van der Waals surface area (Å²) >= 11 is 0. The van der Waals surface area contributed by atoms with Gasteiger partial charge in [-0.1, -0.05) is 0 Å². The number of rotatable bonds is 4. The van der Waals surface area contributed by atoms with Gasteiger partial charge in [-0.3, -0.25) is 0 Å². The standard InChI is InChI=1S/C29H40N6O4/c1-18-11-22-15-30-35(27-14-26(31-20(3)32-27)33-9-10-38-23(16-33)17-36)25(22)13-24(18)21-7-8-34(19(2)12-21)28(37)39-29(4,5)6/h11,13-15,19,21,23,36H,7-10,12,16-17H2,1-6H3/t19?,21?,23-/m0/s1. The van der Waals surface area contributed by atoms with E-state index in [0.717, 1.165) is 29.6 Å². The van der Waals surface area contributed by atoms with Gasteiger partial charge in [0.25, 0.3) is 0 Å². The third-order valence-electron chi connectivity index (χ3n) is 7.59. The van der Waals surface area contributed by atoms with E-state index in [1.165, 1.54) is 11.1 Å². The molecule has 2 aliphatic rings. The van der Waals surface area contributed by atoms with Gasteiger partial charge in [0.1, 0.15) is 17.2 Å². The number of aromatic nitrogens is 4. The normalized spacial score (nSPS) is 22.4. The fourth-order valence-corrected chi connectivity index (χ4v) is 5.72. The zero-order chi connectivity index (χ0) is 27.9. The number of benzene rings is 1. The smallest absolute Gasteiger partial charge is 0.410 e. The molecule has 39 heavy (non-hydrogen) atoms. The molecule has 10 heteroatoms. The molecule has 0 bridgehead atoms. The quantitative estimate of drug-likeness (QED) is 0.531. The number of carbonyl (C=O) groups is 1. The zero-order valence-electron chi connectivity index (χ0n) is 23.8. The predicted octanol–water partition coefficient (Wildman–Crippen LogP) is 4.13. The van der Waals surface area contributed by atoms with E-state index >= 15 is 0 Å². The van der Waals surface area contributed by atoms with E-state index in [9.17, 15) is 9.90 Å². The number of piperidine rings is 1. The lowest BCUT2D eigenvalue weighted by Gasteiger charge is -2.39. The topological polar surface area (TPSA) is 106 Å². The molecule has 4 heterocycles. The van der Waals surface area contributed by atoms with Crippen LogP contribution in [-0.4, -0.2) is 86.4 Å². The highest BCUT2D eigenvalue weighted by atomic mass is 16.6. The molecule has 2 fully saturated rings. The van der Waals surface area contributed by atoms with Crippen molar-refractivity contribution in [3.8, 4) is 5.82 Å². The molecule has 1 amide bonds. The fraction of sp³-hybridized carbons (Fsp3) is 0.586. The molecule has 1 N–H and O–H groups in total. The number of amides is 1. The number of aliphatic hydroxyl groups is 1. The Balaban J connectivity index is 1.42. The second-order valence-corrected chi connectivity index (χ2v) is 11.8. The van der Waals surface area contributed by atoms with Gasteiger partial charge in [0.2, 0.25) is 0 Å². The minimum Gasteiger partial charge on any atom is -0.444 e. The molecule has 0 spiro atoms. The van der Waals surface area contributed by atoms with Crippen molar-refractivity contribution in [2.24, 2.45) is 0 Å². The van der Waals surface area contributed by atoms with Gasteiger partial charge in [-0.2, -0.15) is 5.10 Å². The number of ether oxygens (including phenoxy) is 2. The van der Waals surface area contributed by atoms with Crippen LogP contribution >= 0.6 is 0 Å². The average Bonchev–Trinajstić information content (AvgIpc) is 3.29. The van der Waals surface area contributed by atoms with Gasteiger partial charge in [0.15, 0.2) is 5.82 Å². The number of likely N-dealkylation sites (tertiary alicyclic amines) is 1. The van der Waals surface area contributed by atoms with Crippen molar-refractivity contribution in [3.05, 3.63) is 41.3 Å². The van der Waals surface area contributed by atoms with Crippen molar-refractivity contribution in [2.45, 2.75) is 78.0 Å². The number of anilines is 1. The lowest BCUT2D eigenvalue weighted by Crippen LogP contribution is -2.46. The number of aliphatic hydroxyl groups excluding tert-OH is 1. The summed E-state index contributed by atoms with van der Waals surface area (Å²) in [6.07, 6.45) is 3.17. The third kappa shape index (κ3) is 5.86. The Morgan fingerprint density at radius 1 is 1.15 bits per heavy atom. The molecular weight excluding hydrogens is 496 g/mol. The number of hydrogen-bond acceptors (Lipinski definition) is 8. The van der Waals surface area contributed by atoms with E-state index in [4.69, 9.17) is 19.6 Å². The minimum absolute atomic E-state index is 0.0192. The molecule has 3 atom stereocenters. The molecule has 5 rings (SSSR count). The first kappa shape index (κ1) is 27.3. The Bertz CT molecular complexity index is 1350. The number of morpholine rings is 1. The summed E-state index contributed by atoms with van der Waals surface area (Å²) < 4.78 is 13.1. The maximum absolute atomic E-state index is 12.7. The second-order valence-electron chi connectivity index (χ2n) is 11.8. The highest BCUT2D eigenvalue weighted by Gasteiger charge is 2.33. The van der Waals surface area contributed by atoms with Crippen LogP contribution in [-0.2, 0) is 9.47 Å². The van der Waals surface area contributed by atoms with Crippen LogP contribution in [0, 0.1) is 13.8 Å². The Hall–Kier alpha value is -3.24. The Kier molecular flexibility index (Phi) is 7.52. The first-order valence-corrected chi connectivity index (χ1v) is 13.8. The second kappa shape index (κ2) is 10.7. The molecular formula is C29H40N6O4. The molecule has 0 aliphatic carbocycles. The molecule has 0 radical (unpaired) electrons. The van der Waals surface area contributed by atoms with Crippen molar-refractivity contribution in [3.63, 3.8) is 0 Å². The molecule has 1 aromatic carbocycles. The summed E-state index contributed by atoms with van der Waals surface area (Å²) in [6.45, 7) is 14.3. The highest BCUT2D eigenvalue weighted by Crippen LogP contribution is 2.36. The maximum Gasteiger partial charge on any atom is 0.410 e. The van der Waals surface area contributed by atoms with Crippen molar-refractivity contribution < 1.29 is 19.4 Å². The first-order chi connectivity index (χ1) is 18.5. The summed E-state index contributed by atoms with van der Waals surface area (Å²) in [6, 6.07) is 6.48. The average molecular weight is 537 g/mol. The van der Waals surface area contributed by atoms with Crippen molar-refractivity contribution >= 4 is 22.8 Å². The van der Waals surface area contributed by atoms with E-state index < -0.39 is 5.60 Å². The Morgan fingerprint density at radius 2 is 1.92 bits per heavy atom. The molecule has 10 nitrogen and oxygen atoms in total. The molecule has 2 aliphatic heterocycles. The van der Waals surface area contributed by atoms with Gasteiger partial charge in [0.05, 0.1) is 31.0 Å². The lowest BCUT2D eigenvalue weighted by molar-refractivity contribution is 0.00334. The van der Waals surface area contributed by atoms with Gasteiger partial charge in [-0.25, -0.2) is 19.4 Å². The van der Waals surface area contributed by atoms with Crippen LogP contribution in [0.4, 0.5) is 10.6 Å². The molecule has 210 valence electrons. The third-order valence-corrected chi connectivity index (χ3v) is 7.59. The predicted molar refractivity (Wildman–Crippen MR) is 150 cm³/mol. The summed E-state index contributed by atoms with van der Waals surface area (Å²) in [4.78, 5) is 26.1. The van der Waals surface area contributed by atoms with E-state index in [1.54, 1.807) is 0 Å². The Morgan fingerprint density at radius 3 is 2.64 bits per heavy atom. The zero-order valence-corrected chi connectivity index (χ0v) is 23.8. The number of fused-ring (bicyclic) bond motifs is 1. The van der Waals surface area contributed by atoms with E-state index in [1.807, 2.05) is 49.5 Å². The highest BCUT2D eigenvalue weighted by molar-refractivity contribution is 5.82. The largest absolute Gasteiger partial charge is 0.444 e. The van der Waals surface area contributed by atoms with Gasteiger partial charge < -0.3 is 24.4 Å². The molecule has 2 saturated heterocycles. The Labute approximate surface area is 229 Å². The van der Waals surface area contributed by atoms with E-state index in [-0.39, 0.29) is 24.8 Å². The van der Waals surface area contributed by atoms with Crippen LogP contribution in [0.5, 0.6) is 0 Å². The van der Waals surface area contributed by atoms with Crippen molar-refractivity contribution in [1.82, 2.24) is 24.6 Å². The van der Waals surface area contributed by atoms with Crippen LogP contribution < -0.4 is 4.90 Å².